The molecule has 1 heterocycles. The fourth-order valence-electron chi connectivity index (χ4n) is 0.674. The molecule has 0 unspecified atom stereocenters. The molecular formula is C6H6BBr2N3. The molecule has 0 atom stereocenters. The number of pyridine rings is 1. The Kier molecular flexibility index (Phi) is 3.74. The zero-order chi connectivity index (χ0) is 8.97. The van der Waals surface area contributed by atoms with Crippen LogP contribution in [0, 0.1) is 0 Å². The largest absolute Gasteiger partial charge is 0.362 e. The molecule has 6 heteroatoms. The highest BCUT2D eigenvalue weighted by molar-refractivity contribution is 9.11. The first-order chi connectivity index (χ1) is 5.75. The average molecular weight is 291 g/mol. The van der Waals surface area contributed by atoms with Crippen molar-refractivity contribution in [2.45, 2.75) is 0 Å². The van der Waals surface area contributed by atoms with E-state index >= 15 is 0 Å². The number of nitrogens with zero attached hydrogens (tertiary/aromatic N) is 2. The van der Waals surface area contributed by atoms with Gasteiger partial charge in [-0.05, 0) is 31.9 Å². The first-order valence-corrected chi connectivity index (χ1v) is 4.83. The molecule has 0 saturated carbocycles. The smallest absolute Gasteiger partial charge is 0.237 e. The molecule has 3 nitrogen and oxygen atoms in total. The molecular weight excluding hydrogens is 285 g/mol. The van der Waals surface area contributed by atoms with Crippen LogP contribution in [0.1, 0.15) is 5.56 Å². The van der Waals surface area contributed by atoms with Crippen molar-refractivity contribution in [3.05, 3.63) is 26.9 Å². The van der Waals surface area contributed by atoms with Gasteiger partial charge in [-0.15, -0.1) is 0 Å². The number of hydrogen-bond donors (Lipinski definition) is 1. The maximum Gasteiger partial charge on any atom is 0.237 e. The van der Waals surface area contributed by atoms with E-state index in [-0.39, 0.29) is 0 Å². The van der Waals surface area contributed by atoms with Crippen molar-refractivity contribution in [3.63, 3.8) is 0 Å². The van der Waals surface area contributed by atoms with Crippen molar-refractivity contribution in [1.29, 1.82) is 0 Å². The summed E-state index contributed by atoms with van der Waals surface area (Å²) in [5.41, 5.74) is 0.972. The number of halogens is 2. The lowest BCUT2D eigenvalue weighted by molar-refractivity contribution is 1.10. The second-order valence-corrected chi connectivity index (χ2v) is 3.71. The van der Waals surface area contributed by atoms with E-state index in [0.29, 0.717) is 0 Å². The molecule has 0 aromatic carbocycles. The Morgan fingerprint density at radius 2 is 2.00 bits per heavy atom. The summed E-state index contributed by atoms with van der Waals surface area (Å²) < 4.78 is 1.83. The van der Waals surface area contributed by atoms with Crippen LogP contribution in [0.25, 0.3) is 0 Å². The van der Waals surface area contributed by atoms with Gasteiger partial charge >= 0.3 is 0 Å². The normalized spacial score (nSPS) is 10.5. The van der Waals surface area contributed by atoms with Crippen LogP contribution >= 0.6 is 31.9 Å². The molecule has 0 radical (unpaired) electrons. The Morgan fingerprint density at radius 3 is 2.50 bits per heavy atom. The molecule has 0 amide bonds. The number of aromatic nitrogens is 1. The van der Waals surface area contributed by atoms with Crippen molar-refractivity contribution >= 4 is 46.1 Å². The third-order valence-electron chi connectivity index (χ3n) is 1.21. The molecule has 1 aromatic rings. The zero-order valence-corrected chi connectivity index (χ0v) is 9.55. The summed E-state index contributed by atoms with van der Waals surface area (Å²) in [6.45, 7) is 0. The van der Waals surface area contributed by atoms with Crippen LogP contribution in [0.4, 0.5) is 0 Å². The van der Waals surface area contributed by atoms with Crippen LogP contribution < -0.4 is 5.34 Å². The van der Waals surface area contributed by atoms with Crippen molar-refractivity contribution in [3.8, 4) is 0 Å². The van der Waals surface area contributed by atoms with Crippen LogP contribution in [0.15, 0.2) is 26.4 Å². The number of hydrazone groups is 1. The summed E-state index contributed by atoms with van der Waals surface area (Å²) in [4.78, 5) is 3.98. The summed E-state index contributed by atoms with van der Waals surface area (Å²) in [6.07, 6.45) is 5.17. The fourth-order valence-corrected chi connectivity index (χ4v) is 1.81. The van der Waals surface area contributed by atoms with E-state index < -0.39 is 0 Å². The van der Waals surface area contributed by atoms with E-state index in [4.69, 9.17) is 0 Å². The number of rotatable bonds is 2. The number of nitrogens with one attached hydrogen (secondary N) is 1. The highest BCUT2D eigenvalue weighted by Gasteiger charge is 2.01. The highest BCUT2D eigenvalue weighted by Crippen LogP contribution is 2.21. The lowest BCUT2D eigenvalue weighted by Crippen LogP contribution is -1.98. The van der Waals surface area contributed by atoms with Crippen molar-refractivity contribution in [1.82, 2.24) is 10.3 Å². The molecule has 1 N–H and O–H groups in total. The Balaban J connectivity index is 3.04. The Labute approximate surface area is 88.3 Å². The van der Waals surface area contributed by atoms with Gasteiger partial charge in [0.1, 0.15) is 0 Å². The Morgan fingerprint density at radius 1 is 1.42 bits per heavy atom. The predicted octanol–water partition coefficient (Wildman–Crippen LogP) is 1.08. The van der Waals surface area contributed by atoms with E-state index in [1.807, 2.05) is 0 Å². The highest BCUT2D eigenvalue weighted by atomic mass is 79.9. The molecule has 0 aliphatic heterocycles. The molecule has 1 aromatic heterocycles. The molecule has 0 bridgehead atoms. The van der Waals surface area contributed by atoms with Crippen molar-refractivity contribution < 1.29 is 0 Å². The molecule has 0 saturated heterocycles. The van der Waals surface area contributed by atoms with E-state index in [1.54, 1.807) is 26.6 Å². The first kappa shape index (κ1) is 9.73. The Bertz CT molecular complexity index is 283. The topological polar surface area (TPSA) is 37.3 Å². The summed E-state index contributed by atoms with van der Waals surface area (Å²) in [5, 5.41) is 6.58. The summed E-state index contributed by atoms with van der Waals surface area (Å²) in [5.74, 6) is 0. The monoisotopic (exact) mass is 289 g/mol. The van der Waals surface area contributed by atoms with Gasteiger partial charge in [-0.2, -0.15) is 0 Å². The molecule has 0 aliphatic rings. The molecule has 1 rings (SSSR count). The van der Waals surface area contributed by atoms with Gasteiger partial charge < -0.3 is 5.34 Å². The SMILES string of the molecule is BN/N=C\c1c(Br)cncc1Br. The predicted molar refractivity (Wildman–Crippen MR) is 58.9 cm³/mol. The fraction of sp³-hybridized carbons (Fsp3) is 0. The van der Waals surface area contributed by atoms with Crippen molar-refractivity contribution in [2.24, 2.45) is 5.10 Å². The molecule has 0 fully saturated rings. The Hall–Kier alpha value is -0.355. The first-order valence-electron chi connectivity index (χ1n) is 3.24. The molecule has 12 heavy (non-hydrogen) atoms. The zero-order valence-electron chi connectivity index (χ0n) is 6.38. The second-order valence-electron chi connectivity index (χ2n) is 2.00. The van der Waals surface area contributed by atoms with Gasteiger partial charge in [0, 0.05) is 26.9 Å². The van der Waals surface area contributed by atoms with Crippen molar-refractivity contribution in [2.75, 3.05) is 0 Å². The average Bonchev–Trinajstić information content (AvgIpc) is 2.04. The van der Waals surface area contributed by atoms with Gasteiger partial charge in [0.05, 0.1) is 6.21 Å². The summed E-state index contributed by atoms with van der Waals surface area (Å²) >= 11 is 6.73. The van der Waals surface area contributed by atoms with E-state index in [0.717, 1.165) is 14.5 Å². The van der Waals surface area contributed by atoms with Gasteiger partial charge in [-0.1, -0.05) is 0 Å². The van der Waals surface area contributed by atoms with Gasteiger partial charge in [0.2, 0.25) is 7.98 Å². The van der Waals surface area contributed by atoms with Crippen LogP contribution in [-0.4, -0.2) is 19.2 Å². The minimum absolute atomic E-state index is 0.913. The van der Waals surface area contributed by atoms with Gasteiger partial charge in [-0.3, -0.25) is 4.98 Å². The second kappa shape index (κ2) is 4.62. The van der Waals surface area contributed by atoms with Crippen LogP contribution in [0.3, 0.4) is 0 Å². The quantitative estimate of drug-likeness (QED) is 0.503. The van der Waals surface area contributed by atoms with Gasteiger partial charge in [0.15, 0.2) is 0 Å². The van der Waals surface area contributed by atoms with E-state index in [9.17, 15) is 0 Å². The van der Waals surface area contributed by atoms with E-state index in [1.165, 1.54) is 0 Å². The van der Waals surface area contributed by atoms with E-state index in [2.05, 4.69) is 47.3 Å². The molecule has 0 aliphatic carbocycles. The lowest BCUT2D eigenvalue weighted by atomic mass is 10.3. The van der Waals surface area contributed by atoms with Gasteiger partial charge in [0.25, 0.3) is 0 Å². The molecule has 62 valence electrons. The number of hydrogen-bond acceptors (Lipinski definition) is 3. The van der Waals surface area contributed by atoms with Crippen LogP contribution in [0.2, 0.25) is 0 Å². The van der Waals surface area contributed by atoms with Gasteiger partial charge in [-0.25, -0.2) is 5.10 Å². The van der Waals surface area contributed by atoms with Crippen LogP contribution in [-0.2, 0) is 0 Å². The molecule has 0 spiro atoms. The maximum atomic E-state index is 3.98. The van der Waals surface area contributed by atoms with Crippen LogP contribution in [0.5, 0.6) is 0 Å². The third-order valence-corrected chi connectivity index (χ3v) is 2.48. The standard InChI is InChI=1S/C6H6BBr2N3/c7-12-11-1-4-5(8)2-10-3-6(4)9/h1-3,12H,7H2/b11-1-. The summed E-state index contributed by atoms with van der Waals surface area (Å²) in [6, 6.07) is 0. The summed E-state index contributed by atoms with van der Waals surface area (Å²) in [7, 11) is 1.75. The minimum Gasteiger partial charge on any atom is -0.362 e. The maximum absolute atomic E-state index is 3.98. The lowest BCUT2D eigenvalue weighted by Gasteiger charge is -1.99. The minimum atomic E-state index is 0.913. The third kappa shape index (κ3) is 2.32.